The molecule has 14 rings (SSSR count). The fraction of sp³-hybridized carbons (Fsp3) is 0.0421. The quantitative estimate of drug-likeness (QED) is 0.0473. The second-order valence-electron chi connectivity index (χ2n) is 24.6. The summed E-state index contributed by atoms with van der Waals surface area (Å²) in [6, 6.07) is 101. The molecule has 19 heteroatoms. The van der Waals surface area contributed by atoms with E-state index in [-0.39, 0.29) is 37.9 Å². The third-order valence-electron chi connectivity index (χ3n) is 17.2. The number of halogens is 3. The number of carboxylic acids is 7. The predicted molar refractivity (Wildman–Crippen MR) is 444 cm³/mol. The van der Waals surface area contributed by atoms with Gasteiger partial charge in [0, 0.05) is 11.1 Å². The Labute approximate surface area is 667 Å². The molecule has 0 fully saturated rings. The molecule has 0 saturated heterocycles. The molecule has 0 aliphatic carbocycles. The van der Waals surface area contributed by atoms with Gasteiger partial charge in [0.25, 0.3) is 0 Å². The molecular weight excluding hydrogens is 1490 g/mol. The topological polar surface area (TPSA) is 280 Å². The maximum Gasteiger partial charge on any atom is 0.337 e. The third-order valence-corrected chi connectivity index (χ3v) is 17.9. The highest BCUT2D eigenvalue weighted by molar-refractivity contribution is 6.34. The first-order valence-corrected chi connectivity index (χ1v) is 35.6. The lowest BCUT2D eigenvalue weighted by molar-refractivity contribution is 0.0685. The van der Waals surface area contributed by atoms with E-state index in [0.717, 1.165) is 89.5 Å². The summed E-state index contributed by atoms with van der Waals surface area (Å²) in [6.45, 7) is 3.68. The average molecular weight is 1560 g/mol. The van der Waals surface area contributed by atoms with E-state index in [1.54, 1.807) is 99.1 Å². The number of hydrogen-bond donors (Lipinski definition) is 7. The maximum absolute atomic E-state index is 13.2. The Balaban J connectivity index is 0.000000167. The predicted octanol–water partition coefficient (Wildman–Crippen LogP) is 23.4. The van der Waals surface area contributed by atoms with Crippen LogP contribution in [-0.4, -0.2) is 91.8 Å². The number of methoxy groups -OCH3 is 2. The van der Waals surface area contributed by atoms with Crippen molar-refractivity contribution in [2.75, 3.05) is 14.2 Å². The highest BCUT2D eigenvalue weighted by atomic mass is 35.5. The molecule has 0 atom stereocenters. The van der Waals surface area contributed by atoms with Crippen LogP contribution in [0.5, 0.6) is 11.5 Å². The minimum Gasteiger partial charge on any atom is -0.496 e. The lowest BCUT2D eigenvalue weighted by atomic mass is 9.97. The molecule has 0 unspecified atom stereocenters. The Kier molecular flexibility index (Phi) is 31.7. The highest BCUT2D eigenvalue weighted by Crippen LogP contribution is 2.34. The Morgan fingerprint density at radius 2 is 0.526 bits per heavy atom. The van der Waals surface area contributed by atoms with Crippen LogP contribution in [0.2, 0.25) is 10.0 Å². The van der Waals surface area contributed by atoms with Crippen LogP contribution in [0.1, 0.15) is 83.6 Å². The van der Waals surface area contributed by atoms with E-state index in [1.165, 1.54) is 24.3 Å². The van der Waals surface area contributed by atoms with Crippen molar-refractivity contribution < 1.29 is 83.2 Å². The van der Waals surface area contributed by atoms with Crippen molar-refractivity contribution in [2.24, 2.45) is 0 Å². The highest BCUT2D eigenvalue weighted by Gasteiger charge is 2.17. The van der Waals surface area contributed by atoms with Crippen molar-refractivity contribution in [2.45, 2.75) is 13.8 Å². The second kappa shape index (κ2) is 42.4. The van der Waals surface area contributed by atoms with Gasteiger partial charge in [-0.1, -0.05) is 272 Å². The summed E-state index contributed by atoms with van der Waals surface area (Å²) < 4.78 is 23.7. The minimum atomic E-state index is -1.13. The van der Waals surface area contributed by atoms with Gasteiger partial charge in [-0.2, -0.15) is 0 Å². The summed E-state index contributed by atoms with van der Waals surface area (Å²) in [5, 5.41) is 63.3. The van der Waals surface area contributed by atoms with Gasteiger partial charge in [0.15, 0.2) is 0 Å². The van der Waals surface area contributed by atoms with Crippen LogP contribution in [0.25, 0.3) is 77.9 Å². The lowest BCUT2D eigenvalue weighted by Gasteiger charge is -2.09. The van der Waals surface area contributed by atoms with Gasteiger partial charge in [0.2, 0.25) is 0 Å². The lowest BCUT2D eigenvalue weighted by Crippen LogP contribution is -2.00. The SMILES string of the molecule is COc1ccc(C(=O)O)cc1-c1ccccc1.COc1ccc(C(=O)O)cc1-c1ccccc1.Cc1c(C(=O)O)cccc1-c1ccccc1.Cc1c(C(=O)O)cccc1-c1ccccc1.O=C(O)c1cc(-c2ccccc2)ccc1Cl.O=C(O)c1cc(-c2ccccc2)ccc1Cl.O=C(O)c1cc(F)cc(-c2ccccc2)c1. The van der Waals surface area contributed by atoms with Crippen LogP contribution in [0.4, 0.5) is 4.39 Å². The molecule has 114 heavy (non-hydrogen) atoms. The van der Waals surface area contributed by atoms with Crippen LogP contribution in [-0.2, 0) is 0 Å². The first-order valence-electron chi connectivity index (χ1n) is 34.8. The number of aromatic carboxylic acids is 7. The van der Waals surface area contributed by atoms with Gasteiger partial charge in [-0.3, -0.25) is 0 Å². The number of rotatable bonds is 16. The molecular formula is C95H75Cl2FO16. The van der Waals surface area contributed by atoms with Crippen LogP contribution in [0, 0.1) is 19.7 Å². The van der Waals surface area contributed by atoms with Crippen LogP contribution in [0.3, 0.4) is 0 Å². The summed E-state index contributed by atoms with van der Waals surface area (Å²) in [7, 11) is 3.14. The molecule has 0 saturated carbocycles. The summed E-state index contributed by atoms with van der Waals surface area (Å²) in [5.41, 5.74) is 15.5. The summed E-state index contributed by atoms with van der Waals surface area (Å²) in [4.78, 5) is 76.5. The Bertz CT molecular complexity index is 5300. The first-order chi connectivity index (χ1) is 54.9. The zero-order valence-corrected chi connectivity index (χ0v) is 63.3. The van der Waals surface area contributed by atoms with Gasteiger partial charge >= 0.3 is 41.8 Å². The van der Waals surface area contributed by atoms with Gasteiger partial charge in [0.05, 0.1) is 63.2 Å². The Hall–Kier alpha value is -14.5. The normalized spacial score (nSPS) is 10.0. The molecule has 0 heterocycles. The molecule has 0 aliphatic rings. The van der Waals surface area contributed by atoms with Gasteiger partial charge in [0.1, 0.15) is 17.3 Å². The maximum atomic E-state index is 13.2. The molecule has 14 aromatic carbocycles. The second-order valence-corrected chi connectivity index (χ2v) is 25.4. The monoisotopic (exact) mass is 1560 g/mol. The molecule has 0 amide bonds. The van der Waals surface area contributed by atoms with E-state index in [4.69, 9.17) is 68.4 Å². The third kappa shape index (κ3) is 24.2. The first kappa shape index (κ1) is 85.1. The molecule has 0 aromatic heterocycles. The van der Waals surface area contributed by atoms with Gasteiger partial charge in [-0.05, 0) is 183 Å². The molecule has 0 bridgehead atoms. The largest absolute Gasteiger partial charge is 0.496 e. The minimum absolute atomic E-state index is 0.0427. The summed E-state index contributed by atoms with van der Waals surface area (Å²) in [6.07, 6.45) is 0. The molecule has 7 N–H and O–H groups in total. The van der Waals surface area contributed by atoms with E-state index < -0.39 is 47.6 Å². The molecule has 572 valence electrons. The van der Waals surface area contributed by atoms with Crippen LogP contribution in [0.15, 0.2) is 340 Å². The van der Waals surface area contributed by atoms with E-state index in [2.05, 4.69) is 0 Å². The number of carbonyl (C=O) groups is 7. The molecule has 16 nitrogen and oxygen atoms in total. The fourth-order valence-corrected chi connectivity index (χ4v) is 11.9. The standard InChI is InChI=1S/2C14H12O3.2C14H12O2.2C13H9ClO2.C13H9FO2/c2*1-17-13-8-7-11(14(15)16)9-12(13)10-5-3-2-4-6-10;2*1-10-12(11-6-3-2-4-7-11)8-5-9-13(10)14(15)16;2*14-12-7-6-10(8-11(12)13(15)16)9-4-2-1-3-5-9;14-12-7-10(6-11(8-12)13(15)16)9-4-2-1-3-5-9/h2*2-9H,1H3,(H,15,16);2*2-9H,1H3,(H,15,16);3*1-8H,(H,15,16). The van der Waals surface area contributed by atoms with Gasteiger partial charge in [-0.15, -0.1) is 0 Å². The van der Waals surface area contributed by atoms with E-state index >= 15 is 0 Å². The van der Waals surface area contributed by atoms with E-state index in [9.17, 15) is 38.0 Å². The molecule has 0 aliphatic heterocycles. The number of carboxylic acid groups (broad SMARTS) is 7. The molecule has 0 spiro atoms. The van der Waals surface area contributed by atoms with Crippen LogP contribution >= 0.6 is 23.2 Å². The zero-order valence-electron chi connectivity index (χ0n) is 61.8. The van der Waals surface area contributed by atoms with Gasteiger partial charge < -0.3 is 45.2 Å². The Morgan fingerprint density at radius 3 is 0.807 bits per heavy atom. The summed E-state index contributed by atoms with van der Waals surface area (Å²) in [5.74, 6) is -6.00. The van der Waals surface area contributed by atoms with Crippen molar-refractivity contribution in [1.82, 2.24) is 0 Å². The number of hydrogen-bond acceptors (Lipinski definition) is 9. The zero-order chi connectivity index (χ0) is 82.2. The smallest absolute Gasteiger partial charge is 0.337 e. The Morgan fingerprint density at radius 1 is 0.246 bits per heavy atom. The van der Waals surface area contributed by atoms with Crippen LogP contribution < -0.4 is 9.47 Å². The van der Waals surface area contributed by atoms with Crippen molar-refractivity contribution in [1.29, 1.82) is 0 Å². The van der Waals surface area contributed by atoms with Crippen molar-refractivity contribution in [3.05, 3.63) is 406 Å². The average Bonchev–Trinajstić information content (AvgIpc) is 0.797. The molecule has 14 aromatic rings. The van der Waals surface area contributed by atoms with Crippen molar-refractivity contribution >= 4 is 65.0 Å². The summed E-state index contributed by atoms with van der Waals surface area (Å²) >= 11 is 11.6. The number of ether oxygens (including phenoxy) is 2. The molecule has 0 radical (unpaired) electrons. The fourth-order valence-electron chi connectivity index (χ4n) is 11.5. The van der Waals surface area contributed by atoms with Crippen molar-refractivity contribution in [3.8, 4) is 89.4 Å². The van der Waals surface area contributed by atoms with Gasteiger partial charge in [-0.25, -0.2) is 38.0 Å². The number of benzene rings is 14. The van der Waals surface area contributed by atoms with E-state index in [0.29, 0.717) is 28.2 Å². The van der Waals surface area contributed by atoms with Crippen molar-refractivity contribution in [3.63, 3.8) is 0 Å². The van der Waals surface area contributed by atoms with E-state index in [1.807, 2.05) is 238 Å².